The quantitative estimate of drug-likeness (QED) is 0.600. The Bertz CT molecular complexity index is 315. The SMILES string of the molecule is C1=CNc2nccnc2C=C1. The molecule has 0 atom stereocenters. The third-order valence-electron chi connectivity index (χ3n) is 1.41. The number of nitrogens with one attached hydrogen (secondary N) is 1. The lowest BCUT2D eigenvalue weighted by Gasteiger charge is -1.99. The summed E-state index contributed by atoms with van der Waals surface area (Å²) in [5.41, 5.74) is 0.873. The Balaban J connectivity index is 2.52. The van der Waals surface area contributed by atoms with Gasteiger partial charge in [0.2, 0.25) is 0 Å². The number of aromatic nitrogens is 2. The van der Waals surface area contributed by atoms with Gasteiger partial charge in [0.05, 0.1) is 0 Å². The fourth-order valence-corrected chi connectivity index (χ4v) is 0.911. The van der Waals surface area contributed by atoms with Gasteiger partial charge in [-0.25, -0.2) is 4.98 Å². The number of anilines is 1. The van der Waals surface area contributed by atoms with E-state index in [0.717, 1.165) is 11.5 Å². The molecule has 1 aliphatic heterocycles. The molecule has 0 spiro atoms. The molecule has 0 fully saturated rings. The molecule has 3 heteroatoms. The van der Waals surface area contributed by atoms with Gasteiger partial charge in [-0.2, -0.15) is 0 Å². The Morgan fingerprint density at radius 1 is 1.09 bits per heavy atom. The lowest BCUT2D eigenvalue weighted by molar-refractivity contribution is 1.18. The summed E-state index contributed by atoms with van der Waals surface area (Å²) in [5, 5.41) is 3.01. The number of fused-ring (bicyclic) bond motifs is 1. The van der Waals surface area contributed by atoms with Gasteiger partial charge in [-0.1, -0.05) is 6.08 Å². The number of hydrogen-bond donors (Lipinski definition) is 1. The average molecular weight is 145 g/mol. The molecule has 0 saturated carbocycles. The van der Waals surface area contributed by atoms with E-state index in [1.165, 1.54) is 0 Å². The third-order valence-corrected chi connectivity index (χ3v) is 1.41. The van der Waals surface area contributed by atoms with Gasteiger partial charge in [0, 0.05) is 18.6 Å². The Morgan fingerprint density at radius 3 is 3.00 bits per heavy atom. The van der Waals surface area contributed by atoms with Crippen molar-refractivity contribution in [3.8, 4) is 0 Å². The van der Waals surface area contributed by atoms with Crippen LogP contribution in [-0.2, 0) is 0 Å². The van der Waals surface area contributed by atoms with E-state index < -0.39 is 0 Å². The highest BCUT2D eigenvalue weighted by Gasteiger charge is 1.99. The average Bonchev–Trinajstić information content (AvgIpc) is 2.28. The van der Waals surface area contributed by atoms with Gasteiger partial charge in [0.15, 0.2) is 5.82 Å². The van der Waals surface area contributed by atoms with E-state index in [2.05, 4.69) is 15.3 Å². The van der Waals surface area contributed by atoms with Crippen molar-refractivity contribution in [3.63, 3.8) is 0 Å². The second-order valence-electron chi connectivity index (χ2n) is 2.15. The maximum atomic E-state index is 4.13. The summed E-state index contributed by atoms with van der Waals surface area (Å²) in [4.78, 5) is 8.23. The van der Waals surface area contributed by atoms with Gasteiger partial charge in [-0.3, -0.25) is 4.98 Å². The molecule has 0 bridgehead atoms. The van der Waals surface area contributed by atoms with Crippen molar-refractivity contribution in [2.45, 2.75) is 0 Å². The highest BCUT2D eigenvalue weighted by molar-refractivity contribution is 5.62. The monoisotopic (exact) mass is 145 g/mol. The van der Waals surface area contributed by atoms with Crippen molar-refractivity contribution < 1.29 is 0 Å². The third kappa shape index (κ3) is 1.12. The fraction of sp³-hybridized carbons (Fsp3) is 0. The van der Waals surface area contributed by atoms with Crippen LogP contribution in [0, 0.1) is 0 Å². The van der Waals surface area contributed by atoms with Crippen molar-refractivity contribution >= 4 is 11.9 Å². The normalized spacial score (nSPS) is 13.5. The van der Waals surface area contributed by atoms with E-state index >= 15 is 0 Å². The van der Waals surface area contributed by atoms with Crippen LogP contribution < -0.4 is 5.32 Å². The standard InChI is InChI=1S/C8H7N3/c1-2-4-10-8-7(3-1)9-5-6-11-8/h1-6H,(H,10,11). The molecule has 1 aromatic heterocycles. The Kier molecular flexibility index (Phi) is 1.41. The summed E-state index contributed by atoms with van der Waals surface area (Å²) in [6.07, 6.45) is 10.9. The first-order valence-corrected chi connectivity index (χ1v) is 3.37. The van der Waals surface area contributed by atoms with Gasteiger partial charge < -0.3 is 5.32 Å². The van der Waals surface area contributed by atoms with Crippen LogP contribution in [0.5, 0.6) is 0 Å². The topological polar surface area (TPSA) is 37.8 Å². The zero-order valence-corrected chi connectivity index (χ0v) is 5.86. The zero-order valence-electron chi connectivity index (χ0n) is 5.86. The maximum absolute atomic E-state index is 4.13. The molecule has 1 aliphatic rings. The summed E-state index contributed by atoms with van der Waals surface area (Å²) >= 11 is 0. The van der Waals surface area contributed by atoms with Gasteiger partial charge in [0.25, 0.3) is 0 Å². The molecule has 0 aliphatic carbocycles. The predicted molar refractivity (Wildman–Crippen MR) is 43.8 cm³/mol. The molecule has 2 heterocycles. The fourth-order valence-electron chi connectivity index (χ4n) is 0.911. The first-order chi connectivity index (χ1) is 5.47. The Morgan fingerprint density at radius 2 is 2.00 bits per heavy atom. The second-order valence-corrected chi connectivity index (χ2v) is 2.15. The van der Waals surface area contributed by atoms with Crippen molar-refractivity contribution in [3.05, 3.63) is 36.4 Å². The van der Waals surface area contributed by atoms with E-state index in [1.54, 1.807) is 12.4 Å². The largest absolute Gasteiger partial charge is 0.345 e. The van der Waals surface area contributed by atoms with Gasteiger partial charge in [-0.05, 0) is 12.2 Å². The summed E-state index contributed by atoms with van der Waals surface area (Å²) < 4.78 is 0. The van der Waals surface area contributed by atoms with Crippen molar-refractivity contribution in [2.24, 2.45) is 0 Å². The second kappa shape index (κ2) is 2.54. The van der Waals surface area contributed by atoms with Crippen LogP contribution in [0.2, 0.25) is 0 Å². The number of hydrogen-bond acceptors (Lipinski definition) is 3. The predicted octanol–water partition coefficient (Wildman–Crippen LogP) is 1.43. The number of allylic oxidation sites excluding steroid dienone is 2. The molecule has 0 unspecified atom stereocenters. The van der Waals surface area contributed by atoms with Gasteiger partial charge >= 0.3 is 0 Å². The van der Waals surface area contributed by atoms with Gasteiger partial charge in [-0.15, -0.1) is 0 Å². The summed E-state index contributed by atoms with van der Waals surface area (Å²) in [7, 11) is 0. The molecule has 0 amide bonds. The highest BCUT2D eigenvalue weighted by atomic mass is 15.0. The first-order valence-electron chi connectivity index (χ1n) is 3.37. The lowest BCUT2D eigenvalue weighted by Crippen LogP contribution is -1.94. The minimum atomic E-state index is 0.803. The molecule has 1 aromatic rings. The minimum absolute atomic E-state index is 0.803. The van der Waals surface area contributed by atoms with Crippen LogP contribution in [0.25, 0.3) is 6.08 Å². The Hall–Kier alpha value is -1.64. The van der Waals surface area contributed by atoms with Crippen molar-refractivity contribution in [1.29, 1.82) is 0 Å². The Labute approximate surface area is 64.5 Å². The molecule has 11 heavy (non-hydrogen) atoms. The van der Waals surface area contributed by atoms with Gasteiger partial charge in [0.1, 0.15) is 5.69 Å². The number of rotatable bonds is 0. The van der Waals surface area contributed by atoms with Crippen LogP contribution in [0.3, 0.4) is 0 Å². The first kappa shape index (κ1) is 6.09. The van der Waals surface area contributed by atoms with Crippen molar-refractivity contribution in [2.75, 3.05) is 5.32 Å². The summed E-state index contributed by atoms with van der Waals surface area (Å²) in [5.74, 6) is 0.803. The van der Waals surface area contributed by atoms with Crippen LogP contribution in [0.4, 0.5) is 5.82 Å². The molecule has 2 rings (SSSR count). The van der Waals surface area contributed by atoms with E-state index in [0.29, 0.717) is 0 Å². The van der Waals surface area contributed by atoms with Crippen molar-refractivity contribution in [1.82, 2.24) is 9.97 Å². The lowest BCUT2D eigenvalue weighted by atomic mass is 10.4. The molecular weight excluding hydrogens is 138 g/mol. The van der Waals surface area contributed by atoms with E-state index in [9.17, 15) is 0 Å². The van der Waals surface area contributed by atoms with Crippen LogP contribution in [0.15, 0.2) is 30.7 Å². The number of nitrogens with zero attached hydrogens (tertiary/aromatic N) is 2. The maximum Gasteiger partial charge on any atom is 0.155 e. The van der Waals surface area contributed by atoms with Crippen LogP contribution in [-0.4, -0.2) is 9.97 Å². The van der Waals surface area contributed by atoms with Crippen LogP contribution in [0.1, 0.15) is 5.69 Å². The minimum Gasteiger partial charge on any atom is -0.345 e. The molecule has 0 aromatic carbocycles. The molecule has 0 radical (unpaired) electrons. The molecule has 1 N–H and O–H groups in total. The van der Waals surface area contributed by atoms with E-state index in [1.807, 2.05) is 24.4 Å². The molecule has 0 saturated heterocycles. The zero-order chi connectivity index (χ0) is 7.52. The summed E-state index contributed by atoms with van der Waals surface area (Å²) in [6, 6.07) is 0. The van der Waals surface area contributed by atoms with Crippen LogP contribution >= 0.6 is 0 Å². The highest BCUT2D eigenvalue weighted by Crippen LogP contribution is 2.11. The van der Waals surface area contributed by atoms with E-state index in [-0.39, 0.29) is 0 Å². The van der Waals surface area contributed by atoms with E-state index in [4.69, 9.17) is 0 Å². The molecule has 54 valence electrons. The smallest absolute Gasteiger partial charge is 0.155 e. The summed E-state index contributed by atoms with van der Waals surface area (Å²) in [6.45, 7) is 0. The molecule has 3 nitrogen and oxygen atoms in total. The molecular formula is C8H7N3.